The monoisotopic (exact) mass is 593 g/mol. The molecule has 0 aliphatic carbocycles. The van der Waals surface area contributed by atoms with Crippen molar-refractivity contribution in [3.05, 3.63) is 150 Å². The van der Waals surface area contributed by atoms with Crippen LogP contribution in [0.4, 0.5) is 0 Å². The van der Waals surface area contributed by atoms with E-state index in [1.165, 1.54) is 5.56 Å². The zero-order valence-electron chi connectivity index (χ0n) is 26.4. The van der Waals surface area contributed by atoms with Crippen molar-refractivity contribution in [2.45, 2.75) is 46.3 Å². The number of benzene rings is 5. The summed E-state index contributed by atoms with van der Waals surface area (Å²) in [5, 5.41) is 1.03. The van der Waals surface area contributed by atoms with Gasteiger partial charge in [-0.2, -0.15) is 0 Å². The zero-order valence-corrected chi connectivity index (χ0v) is 26.4. The van der Waals surface area contributed by atoms with Gasteiger partial charge in [0.05, 0.1) is 6.61 Å². The Hall–Kier alpha value is -5.09. The van der Waals surface area contributed by atoms with E-state index in [4.69, 9.17) is 9.47 Å². The molecule has 5 aromatic carbocycles. The van der Waals surface area contributed by atoms with Crippen molar-refractivity contribution in [3.63, 3.8) is 0 Å². The van der Waals surface area contributed by atoms with E-state index in [-0.39, 0.29) is 11.4 Å². The maximum Gasteiger partial charge on any atom is 0.355 e. The molecular weight excluding hydrogens is 554 g/mol. The predicted molar refractivity (Wildman–Crippen MR) is 184 cm³/mol. The van der Waals surface area contributed by atoms with Crippen molar-refractivity contribution in [2.75, 3.05) is 6.61 Å². The van der Waals surface area contributed by atoms with Gasteiger partial charge in [-0.1, -0.05) is 124 Å². The average molecular weight is 594 g/mol. The lowest BCUT2D eigenvalue weighted by atomic mass is 9.86. The lowest BCUT2D eigenvalue weighted by molar-refractivity contribution is 0.0516. The second-order valence-electron chi connectivity index (χ2n) is 12.4. The molecule has 4 nitrogen and oxygen atoms in total. The Morgan fingerprint density at radius 1 is 0.689 bits per heavy atom. The molecule has 1 aromatic heterocycles. The average Bonchev–Trinajstić information content (AvgIpc) is 3.38. The first-order valence-electron chi connectivity index (χ1n) is 15.6. The zero-order chi connectivity index (χ0) is 31.4. The number of hydrogen-bond donors (Lipinski definition) is 0. The molecule has 0 amide bonds. The standard InChI is InChI=1S/C41H39NO3/c1-5-44-40(43)39-38(32-18-22-34(23-19-32)41(2,3)4)36-16-9-10-17-37(36)42(39)27-30-14-11-15-33(26-30)31-20-24-35(25-21-31)45-28-29-12-7-6-8-13-29/h6-26H,5,27-28H2,1-4H3. The summed E-state index contributed by atoms with van der Waals surface area (Å²) < 4.78 is 13.8. The van der Waals surface area contributed by atoms with Gasteiger partial charge in [-0.25, -0.2) is 4.79 Å². The van der Waals surface area contributed by atoms with Gasteiger partial charge in [0.2, 0.25) is 0 Å². The summed E-state index contributed by atoms with van der Waals surface area (Å²) in [6.07, 6.45) is 0. The summed E-state index contributed by atoms with van der Waals surface area (Å²) >= 11 is 0. The minimum atomic E-state index is -0.314. The third-order valence-corrected chi connectivity index (χ3v) is 8.18. The highest BCUT2D eigenvalue weighted by Crippen LogP contribution is 2.37. The minimum Gasteiger partial charge on any atom is -0.489 e. The van der Waals surface area contributed by atoms with Gasteiger partial charge in [0, 0.05) is 23.0 Å². The van der Waals surface area contributed by atoms with Crippen molar-refractivity contribution in [1.29, 1.82) is 0 Å². The lowest BCUT2D eigenvalue weighted by Crippen LogP contribution is -2.14. The highest BCUT2D eigenvalue weighted by molar-refractivity contribution is 6.08. The normalized spacial score (nSPS) is 11.5. The first-order chi connectivity index (χ1) is 21.8. The summed E-state index contributed by atoms with van der Waals surface area (Å²) in [4.78, 5) is 13.7. The number of carbonyl (C=O) groups is 1. The molecular formula is C41H39NO3. The van der Waals surface area contributed by atoms with E-state index in [9.17, 15) is 4.79 Å². The maximum absolute atomic E-state index is 13.7. The van der Waals surface area contributed by atoms with Crippen LogP contribution in [0.15, 0.2) is 127 Å². The number of carbonyl (C=O) groups excluding carboxylic acids is 1. The van der Waals surface area contributed by atoms with Gasteiger partial charge in [0.15, 0.2) is 0 Å². The SMILES string of the molecule is CCOC(=O)c1c(-c2ccc(C(C)(C)C)cc2)c2ccccc2n1Cc1cccc(-c2ccc(OCc3ccccc3)cc2)c1. The molecule has 6 aromatic rings. The quantitative estimate of drug-likeness (QED) is 0.157. The van der Waals surface area contributed by atoms with Crippen LogP contribution in [0.2, 0.25) is 0 Å². The molecule has 0 aliphatic heterocycles. The fourth-order valence-electron chi connectivity index (χ4n) is 5.82. The van der Waals surface area contributed by atoms with Gasteiger partial charge in [-0.15, -0.1) is 0 Å². The van der Waals surface area contributed by atoms with Crippen molar-refractivity contribution >= 4 is 16.9 Å². The van der Waals surface area contributed by atoms with Crippen LogP contribution in [-0.4, -0.2) is 17.1 Å². The molecule has 1 heterocycles. The molecule has 0 atom stereocenters. The molecule has 0 unspecified atom stereocenters. The number of rotatable bonds is 9. The van der Waals surface area contributed by atoms with Crippen LogP contribution in [0.1, 0.15) is 54.9 Å². The minimum absolute atomic E-state index is 0.0387. The summed E-state index contributed by atoms with van der Waals surface area (Å²) in [5.41, 5.74) is 9.22. The van der Waals surface area contributed by atoms with Gasteiger partial charge in [0.25, 0.3) is 0 Å². The van der Waals surface area contributed by atoms with E-state index in [1.54, 1.807) is 0 Å². The summed E-state index contributed by atoms with van der Waals surface area (Å²) in [6.45, 7) is 9.85. The van der Waals surface area contributed by atoms with E-state index in [1.807, 2.05) is 49.4 Å². The van der Waals surface area contributed by atoms with Crippen molar-refractivity contribution in [3.8, 4) is 28.0 Å². The maximum atomic E-state index is 13.7. The molecule has 226 valence electrons. The fraction of sp³-hybridized carbons (Fsp3) is 0.195. The van der Waals surface area contributed by atoms with Crippen molar-refractivity contribution < 1.29 is 14.3 Å². The molecule has 0 radical (unpaired) electrons. The van der Waals surface area contributed by atoms with Crippen molar-refractivity contribution in [2.24, 2.45) is 0 Å². The van der Waals surface area contributed by atoms with Gasteiger partial charge >= 0.3 is 5.97 Å². The first kappa shape index (κ1) is 30.0. The summed E-state index contributed by atoms with van der Waals surface area (Å²) in [6, 6.07) is 43.7. The molecule has 0 saturated heterocycles. The lowest BCUT2D eigenvalue weighted by Gasteiger charge is -2.19. The van der Waals surface area contributed by atoms with E-state index in [2.05, 4.69) is 110 Å². The van der Waals surface area contributed by atoms with Crippen LogP contribution < -0.4 is 4.74 Å². The third kappa shape index (κ3) is 6.56. The molecule has 45 heavy (non-hydrogen) atoms. The number of hydrogen-bond acceptors (Lipinski definition) is 3. The number of esters is 1. The Kier molecular flexibility index (Phi) is 8.57. The molecule has 0 fully saturated rings. The van der Waals surface area contributed by atoms with Gasteiger partial charge < -0.3 is 14.0 Å². The summed E-state index contributed by atoms with van der Waals surface area (Å²) in [7, 11) is 0. The van der Waals surface area contributed by atoms with Crippen LogP contribution in [0.25, 0.3) is 33.2 Å². The highest BCUT2D eigenvalue weighted by Gasteiger charge is 2.25. The number of para-hydroxylation sites is 1. The van der Waals surface area contributed by atoms with Gasteiger partial charge in [-0.05, 0) is 70.0 Å². The smallest absolute Gasteiger partial charge is 0.355 e. The van der Waals surface area contributed by atoms with Gasteiger partial charge in [0.1, 0.15) is 18.1 Å². The van der Waals surface area contributed by atoms with Crippen LogP contribution in [0.5, 0.6) is 5.75 Å². The Bertz CT molecular complexity index is 1910. The van der Waals surface area contributed by atoms with E-state index < -0.39 is 0 Å². The van der Waals surface area contributed by atoms with E-state index in [0.29, 0.717) is 25.5 Å². The van der Waals surface area contributed by atoms with Crippen LogP contribution in [0, 0.1) is 0 Å². The van der Waals surface area contributed by atoms with Crippen molar-refractivity contribution in [1.82, 2.24) is 4.57 Å². The second kappa shape index (κ2) is 12.9. The number of fused-ring (bicyclic) bond motifs is 1. The van der Waals surface area contributed by atoms with Crippen LogP contribution in [0.3, 0.4) is 0 Å². The molecule has 0 aliphatic rings. The van der Waals surface area contributed by atoms with E-state index in [0.717, 1.165) is 50.0 Å². The largest absolute Gasteiger partial charge is 0.489 e. The Morgan fingerprint density at radius 2 is 1.36 bits per heavy atom. The first-order valence-corrected chi connectivity index (χ1v) is 15.6. The molecule has 0 bridgehead atoms. The molecule has 0 saturated carbocycles. The Balaban J connectivity index is 1.34. The van der Waals surface area contributed by atoms with Crippen LogP contribution in [-0.2, 0) is 23.3 Å². The fourth-order valence-corrected chi connectivity index (χ4v) is 5.82. The van der Waals surface area contributed by atoms with Crippen LogP contribution >= 0.6 is 0 Å². The topological polar surface area (TPSA) is 40.5 Å². The Morgan fingerprint density at radius 3 is 2.07 bits per heavy atom. The van der Waals surface area contributed by atoms with E-state index >= 15 is 0 Å². The highest BCUT2D eigenvalue weighted by atomic mass is 16.5. The molecule has 6 rings (SSSR count). The molecule has 0 spiro atoms. The summed E-state index contributed by atoms with van der Waals surface area (Å²) in [5.74, 6) is 0.519. The molecule has 0 N–H and O–H groups in total. The van der Waals surface area contributed by atoms with Gasteiger partial charge in [-0.3, -0.25) is 0 Å². The predicted octanol–water partition coefficient (Wildman–Crippen LogP) is 10.1. The molecule has 4 heteroatoms. The number of ether oxygens (including phenoxy) is 2. The third-order valence-electron chi connectivity index (χ3n) is 8.18. The second-order valence-corrected chi connectivity index (χ2v) is 12.4. The number of nitrogens with zero attached hydrogens (tertiary/aromatic N) is 1. The number of aromatic nitrogens is 1. The Labute approximate surface area is 265 Å².